The number of nitrogens with one attached hydrogen (secondary N) is 1. The van der Waals surface area contributed by atoms with Crippen LogP contribution in [0.4, 0.5) is 0 Å². The van der Waals surface area contributed by atoms with Gasteiger partial charge < -0.3 is 9.72 Å². The molecule has 5 heteroatoms. The first kappa shape index (κ1) is 12.6. The number of rotatable bonds is 3. The molecular formula is C13H12ClNO3. The summed E-state index contributed by atoms with van der Waals surface area (Å²) in [7, 11) is 0. The summed E-state index contributed by atoms with van der Waals surface area (Å²) in [6, 6.07) is 5.15. The van der Waals surface area contributed by atoms with Crippen molar-refractivity contribution in [1.82, 2.24) is 4.98 Å². The Bertz CT molecular complexity index is 630. The fourth-order valence-electron chi connectivity index (χ4n) is 1.78. The van der Waals surface area contributed by atoms with Crippen LogP contribution < -0.4 is 0 Å². The van der Waals surface area contributed by atoms with Crippen LogP contribution in [0.3, 0.4) is 0 Å². The van der Waals surface area contributed by atoms with Crippen LogP contribution in [-0.4, -0.2) is 23.3 Å². The molecule has 0 aliphatic carbocycles. The molecule has 0 saturated heterocycles. The lowest BCUT2D eigenvalue weighted by atomic mass is 10.1. The second-order valence-electron chi connectivity index (χ2n) is 3.92. The van der Waals surface area contributed by atoms with Crippen LogP contribution in [0.5, 0.6) is 0 Å². The van der Waals surface area contributed by atoms with Gasteiger partial charge in [0, 0.05) is 16.6 Å². The van der Waals surface area contributed by atoms with Crippen molar-refractivity contribution in [1.29, 1.82) is 0 Å². The van der Waals surface area contributed by atoms with Crippen molar-refractivity contribution in [2.45, 2.75) is 13.8 Å². The Morgan fingerprint density at radius 2 is 2.06 bits per heavy atom. The summed E-state index contributed by atoms with van der Waals surface area (Å²) in [6.07, 6.45) is 0. The minimum atomic E-state index is -0.887. The van der Waals surface area contributed by atoms with Gasteiger partial charge in [0.25, 0.3) is 5.78 Å². The lowest BCUT2D eigenvalue weighted by molar-refractivity contribution is -0.137. The first-order chi connectivity index (χ1) is 8.52. The number of hydrogen-bond acceptors (Lipinski definition) is 3. The lowest BCUT2D eigenvalue weighted by Gasteiger charge is -2.03. The maximum atomic E-state index is 11.8. The molecule has 0 amide bonds. The Labute approximate surface area is 109 Å². The molecule has 0 aliphatic rings. The van der Waals surface area contributed by atoms with Gasteiger partial charge in [-0.05, 0) is 32.0 Å². The zero-order valence-electron chi connectivity index (χ0n) is 10.0. The number of H-pyrrole nitrogens is 1. The van der Waals surface area contributed by atoms with Gasteiger partial charge in [-0.1, -0.05) is 11.6 Å². The van der Waals surface area contributed by atoms with Gasteiger partial charge in [0.05, 0.1) is 17.2 Å². The molecule has 4 nitrogen and oxygen atoms in total. The van der Waals surface area contributed by atoms with Gasteiger partial charge in [0.1, 0.15) is 0 Å². The second-order valence-corrected chi connectivity index (χ2v) is 4.33. The molecule has 0 unspecified atom stereocenters. The highest BCUT2D eigenvalue weighted by atomic mass is 35.5. The summed E-state index contributed by atoms with van der Waals surface area (Å²) in [6.45, 7) is 3.71. The largest absolute Gasteiger partial charge is 0.460 e. The molecule has 0 aliphatic heterocycles. The van der Waals surface area contributed by atoms with Gasteiger partial charge in [0.2, 0.25) is 0 Å². The maximum Gasteiger partial charge on any atom is 0.379 e. The lowest BCUT2D eigenvalue weighted by Crippen LogP contribution is -2.17. The summed E-state index contributed by atoms with van der Waals surface area (Å²) in [5, 5.41) is 1.15. The third-order valence-corrected chi connectivity index (χ3v) is 2.86. The van der Waals surface area contributed by atoms with Crippen LogP contribution in [0.15, 0.2) is 18.2 Å². The average Bonchev–Trinajstić information content (AvgIpc) is 2.66. The van der Waals surface area contributed by atoms with E-state index in [1.165, 1.54) is 0 Å². The molecule has 2 rings (SSSR count). The van der Waals surface area contributed by atoms with Crippen molar-refractivity contribution < 1.29 is 14.3 Å². The molecule has 2 aromatic rings. The van der Waals surface area contributed by atoms with E-state index >= 15 is 0 Å². The minimum Gasteiger partial charge on any atom is -0.460 e. The molecule has 0 atom stereocenters. The fraction of sp³-hybridized carbons (Fsp3) is 0.231. The summed E-state index contributed by atoms with van der Waals surface area (Å²) in [4.78, 5) is 26.3. The number of hydrogen-bond donors (Lipinski definition) is 1. The van der Waals surface area contributed by atoms with E-state index in [0.717, 1.165) is 16.6 Å². The molecule has 1 aromatic carbocycles. The number of benzene rings is 1. The number of carbonyl (C=O) groups excluding carboxylic acids is 2. The van der Waals surface area contributed by atoms with E-state index in [2.05, 4.69) is 9.72 Å². The van der Waals surface area contributed by atoms with Crippen molar-refractivity contribution in [3.63, 3.8) is 0 Å². The molecule has 1 aromatic heterocycles. The quantitative estimate of drug-likeness (QED) is 0.527. The molecule has 0 saturated carbocycles. The number of Topliss-reactive ketones (excluding diaryl/α,β-unsaturated/α-hetero) is 1. The number of ether oxygens (including phenoxy) is 1. The van der Waals surface area contributed by atoms with Crippen LogP contribution in [0.1, 0.15) is 23.0 Å². The van der Waals surface area contributed by atoms with Crippen molar-refractivity contribution in [3.05, 3.63) is 34.5 Å². The molecule has 0 spiro atoms. The third kappa shape index (κ3) is 2.24. The Morgan fingerprint density at radius 3 is 2.72 bits per heavy atom. The number of aromatic amines is 1. The number of esters is 1. The molecule has 0 fully saturated rings. The van der Waals surface area contributed by atoms with Gasteiger partial charge in [-0.25, -0.2) is 4.79 Å². The van der Waals surface area contributed by atoms with Crippen LogP contribution in [0, 0.1) is 6.92 Å². The Kier molecular flexibility index (Phi) is 3.39. The molecule has 0 bridgehead atoms. The van der Waals surface area contributed by atoms with Gasteiger partial charge in [0.15, 0.2) is 0 Å². The Morgan fingerprint density at radius 1 is 1.33 bits per heavy atom. The topological polar surface area (TPSA) is 59.2 Å². The molecule has 1 heterocycles. The molecular weight excluding hydrogens is 254 g/mol. The third-order valence-electron chi connectivity index (χ3n) is 2.55. The minimum absolute atomic E-state index is 0.157. The molecule has 0 radical (unpaired) electrons. The first-order valence-corrected chi connectivity index (χ1v) is 5.91. The average molecular weight is 266 g/mol. The second kappa shape index (κ2) is 4.82. The Hall–Kier alpha value is -1.81. The molecule has 18 heavy (non-hydrogen) atoms. The van der Waals surface area contributed by atoms with Gasteiger partial charge >= 0.3 is 5.97 Å². The van der Waals surface area contributed by atoms with Crippen LogP contribution >= 0.6 is 11.6 Å². The summed E-state index contributed by atoms with van der Waals surface area (Å²) in [5.41, 5.74) is 1.89. The standard InChI is InChI=1S/C13H12ClNO3/c1-3-18-13(17)12(16)9-6-11-8(5-10(9)14)4-7(2)15-11/h4-6,15H,3H2,1-2H3. The number of fused-ring (bicyclic) bond motifs is 1. The van der Waals surface area contributed by atoms with E-state index < -0.39 is 11.8 Å². The fourth-order valence-corrected chi connectivity index (χ4v) is 2.04. The van der Waals surface area contributed by atoms with Gasteiger partial charge in [-0.3, -0.25) is 4.79 Å². The van der Waals surface area contributed by atoms with E-state index in [4.69, 9.17) is 11.6 Å². The smallest absolute Gasteiger partial charge is 0.379 e. The number of aryl methyl sites for hydroxylation is 1. The monoisotopic (exact) mass is 265 g/mol. The predicted molar refractivity (Wildman–Crippen MR) is 69.0 cm³/mol. The summed E-state index contributed by atoms with van der Waals surface area (Å²) in [5.74, 6) is -1.61. The zero-order valence-corrected chi connectivity index (χ0v) is 10.8. The van der Waals surface area contributed by atoms with Crippen LogP contribution in [0.2, 0.25) is 5.02 Å². The normalized spacial score (nSPS) is 10.6. The molecule has 1 N–H and O–H groups in total. The predicted octanol–water partition coefficient (Wildman–Crippen LogP) is 2.88. The van der Waals surface area contributed by atoms with Crippen LogP contribution in [0.25, 0.3) is 10.9 Å². The summed E-state index contributed by atoms with van der Waals surface area (Å²) >= 11 is 6.01. The number of carbonyl (C=O) groups is 2. The van der Waals surface area contributed by atoms with E-state index in [9.17, 15) is 9.59 Å². The molecule has 94 valence electrons. The van der Waals surface area contributed by atoms with E-state index in [1.807, 2.05) is 13.0 Å². The zero-order chi connectivity index (χ0) is 13.3. The SMILES string of the molecule is CCOC(=O)C(=O)c1cc2[nH]c(C)cc2cc1Cl. The van der Waals surface area contributed by atoms with Crippen molar-refractivity contribution in [2.24, 2.45) is 0 Å². The number of ketones is 1. The van der Waals surface area contributed by atoms with Gasteiger partial charge in [-0.15, -0.1) is 0 Å². The summed E-state index contributed by atoms with van der Waals surface area (Å²) < 4.78 is 4.67. The maximum absolute atomic E-state index is 11.8. The number of halogens is 1. The van der Waals surface area contributed by atoms with Crippen molar-refractivity contribution >= 4 is 34.3 Å². The highest BCUT2D eigenvalue weighted by molar-refractivity contribution is 6.46. The van der Waals surface area contributed by atoms with Crippen molar-refractivity contribution in [2.75, 3.05) is 6.61 Å². The van der Waals surface area contributed by atoms with Crippen molar-refractivity contribution in [3.8, 4) is 0 Å². The van der Waals surface area contributed by atoms with Gasteiger partial charge in [-0.2, -0.15) is 0 Å². The highest BCUT2D eigenvalue weighted by Crippen LogP contribution is 2.25. The van der Waals surface area contributed by atoms with E-state index in [-0.39, 0.29) is 17.2 Å². The van der Waals surface area contributed by atoms with E-state index in [1.54, 1.807) is 19.1 Å². The van der Waals surface area contributed by atoms with E-state index in [0.29, 0.717) is 0 Å². The highest BCUT2D eigenvalue weighted by Gasteiger charge is 2.21. The Balaban J connectivity index is 2.47. The first-order valence-electron chi connectivity index (χ1n) is 5.53. The number of aromatic nitrogens is 1. The van der Waals surface area contributed by atoms with Crippen LogP contribution in [-0.2, 0) is 9.53 Å².